The van der Waals surface area contributed by atoms with Crippen LogP contribution < -0.4 is 5.32 Å². The molecule has 2 atom stereocenters. The average molecular weight is 254 g/mol. The van der Waals surface area contributed by atoms with E-state index >= 15 is 0 Å². The number of fused-ring (bicyclic) bond motifs is 2. The molecule has 0 aromatic heterocycles. The molecule has 2 rings (SSSR count). The molecule has 0 radical (unpaired) electrons. The van der Waals surface area contributed by atoms with Gasteiger partial charge in [0.2, 0.25) is 5.91 Å². The molecule has 0 aliphatic carbocycles. The largest absolute Gasteiger partial charge is 0.385 e. The van der Waals surface area contributed by atoms with Gasteiger partial charge in [0.15, 0.2) is 0 Å². The zero-order chi connectivity index (χ0) is 13.0. The molecule has 2 unspecified atom stereocenters. The number of amides is 1. The number of piperidine rings is 1. The molecule has 0 aromatic rings. The van der Waals surface area contributed by atoms with E-state index in [1.165, 1.54) is 12.8 Å². The SMILES string of the molecule is CCN(C(=O)CCCOC)C1CC2CCC(C1)N2. The van der Waals surface area contributed by atoms with Crippen LogP contribution in [0.3, 0.4) is 0 Å². The minimum atomic E-state index is 0.306. The van der Waals surface area contributed by atoms with Crippen LogP contribution in [-0.4, -0.2) is 49.2 Å². The highest BCUT2D eigenvalue weighted by Crippen LogP contribution is 2.30. The Bertz CT molecular complexity index is 271. The van der Waals surface area contributed by atoms with Gasteiger partial charge in [0, 0.05) is 44.8 Å². The number of ether oxygens (including phenoxy) is 1. The van der Waals surface area contributed by atoms with Crippen molar-refractivity contribution in [2.75, 3.05) is 20.3 Å². The lowest BCUT2D eigenvalue weighted by Crippen LogP contribution is -2.50. The standard InChI is InChI=1S/C14H26N2O2/c1-3-16(14(17)5-4-8-18-2)13-9-11-6-7-12(10-13)15-11/h11-13,15H,3-10H2,1-2H3. The number of carbonyl (C=O) groups is 1. The summed E-state index contributed by atoms with van der Waals surface area (Å²) < 4.78 is 5.01. The molecule has 0 aromatic carbocycles. The fourth-order valence-electron chi connectivity index (χ4n) is 3.43. The smallest absolute Gasteiger partial charge is 0.222 e. The summed E-state index contributed by atoms with van der Waals surface area (Å²) in [6.45, 7) is 3.62. The Morgan fingerprint density at radius 2 is 2.00 bits per heavy atom. The van der Waals surface area contributed by atoms with Crippen molar-refractivity contribution in [3.63, 3.8) is 0 Å². The van der Waals surface area contributed by atoms with Gasteiger partial charge in [-0.2, -0.15) is 0 Å². The van der Waals surface area contributed by atoms with Gasteiger partial charge in [-0.05, 0) is 39.0 Å². The summed E-state index contributed by atoms with van der Waals surface area (Å²) in [5.74, 6) is 0.306. The molecule has 4 nitrogen and oxygen atoms in total. The highest BCUT2D eigenvalue weighted by molar-refractivity contribution is 5.76. The molecule has 4 heteroatoms. The van der Waals surface area contributed by atoms with Crippen molar-refractivity contribution >= 4 is 5.91 Å². The van der Waals surface area contributed by atoms with E-state index in [4.69, 9.17) is 4.74 Å². The van der Waals surface area contributed by atoms with Crippen molar-refractivity contribution in [1.82, 2.24) is 10.2 Å². The molecule has 2 aliphatic rings. The van der Waals surface area contributed by atoms with Crippen molar-refractivity contribution < 1.29 is 9.53 Å². The van der Waals surface area contributed by atoms with Gasteiger partial charge in [-0.3, -0.25) is 4.79 Å². The molecule has 2 heterocycles. The minimum absolute atomic E-state index is 0.306. The van der Waals surface area contributed by atoms with E-state index in [1.807, 2.05) is 0 Å². The van der Waals surface area contributed by atoms with Gasteiger partial charge in [-0.15, -0.1) is 0 Å². The predicted octanol–water partition coefficient (Wildman–Crippen LogP) is 1.54. The average Bonchev–Trinajstić information content (AvgIpc) is 2.70. The third kappa shape index (κ3) is 3.23. The summed E-state index contributed by atoms with van der Waals surface area (Å²) in [6, 6.07) is 1.76. The van der Waals surface area contributed by atoms with Crippen molar-refractivity contribution in [3.05, 3.63) is 0 Å². The summed E-state index contributed by atoms with van der Waals surface area (Å²) in [5, 5.41) is 3.63. The summed E-state index contributed by atoms with van der Waals surface area (Å²) >= 11 is 0. The number of hydrogen-bond donors (Lipinski definition) is 1. The molecule has 2 aliphatic heterocycles. The van der Waals surface area contributed by atoms with Gasteiger partial charge in [-0.1, -0.05) is 0 Å². The molecular weight excluding hydrogens is 228 g/mol. The van der Waals surface area contributed by atoms with Crippen LogP contribution in [0.2, 0.25) is 0 Å². The number of carbonyl (C=O) groups excluding carboxylic acids is 1. The van der Waals surface area contributed by atoms with Gasteiger partial charge in [0.1, 0.15) is 0 Å². The van der Waals surface area contributed by atoms with Crippen molar-refractivity contribution in [1.29, 1.82) is 0 Å². The van der Waals surface area contributed by atoms with Gasteiger partial charge >= 0.3 is 0 Å². The quantitative estimate of drug-likeness (QED) is 0.731. The second-order valence-corrected chi connectivity index (χ2v) is 5.54. The molecule has 2 saturated heterocycles. The first kappa shape index (κ1) is 13.8. The fraction of sp³-hybridized carbons (Fsp3) is 0.929. The van der Waals surface area contributed by atoms with Gasteiger partial charge < -0.3 is 15.0 Å². The number of methoxy groups -OCH3 is 1. The van der Waals surface area contributed by atoms with Crippen LogP contribution in [0.15, 0.2) is 0 Å². The fourth-order valence-corrected chi connectivity index (χ4v) is 3.43. The number of nitrogens with one attached hydrogen (secondary N) is 1. The lowest BCUT2D eigenvalue weighted by molar-refractivity contribution is -0.134. The van der Waals surface area contributed by atoms with Gasteiger partial charge in [-0.25, -0.2) is 0 Å². The van der Waals surface area contributed by atoms with Crippen molar-refractivity contribution in [3.8, 4) is 0 Å². The molecule has 1 amide bonds. The highest BCUT2D eigenvalue weighted by atomic mass is 16.5. The zero-order valence-corrected chi connectivity index (χ0v) is 11.7. The molecule has 0 saturated carbocycles. The Morgan fingerprint density at radius 1 is 1.33 bits per heavy atom. The van der Waals surface area contributed by atoms with Crippen LogP contribution in [0.5, 0.6) is 0 Å². The van der Waals surface area contributed by atoms with E-state index in [-0.39, 0.29) is 0 Å². The first-order valence-corrected chi connectivity index (χ1v) is 7.29. The first-order valence-electron chi connectivity index (χ1n) is 7.29. The maximum absolute atomic E-state index is 12.2. The molecule has 1 N–H and O–H groups in total. The zero-order valence-electron chi connectivity index (χ0n) is 11.7. The maximum atomic E-state index is 12.2. The van der Waals surface area contributed by atoms with Crippen molar-refractivity contribution in [2.24, 2.45) is 0 Å². The number of hydrogen-bond acceptors (Lipinski definition) is 3. The highest BCUT2D eigenvalue weighted by Gasteiger charge is 2.36. The molecule has 2 bridgehead atoms. The summed E-state index contributed by atoms with van der Waals surface area (Å²) in [7, 11) is 1.69. The Hall–Kier alpha value is -0.610. The van der Waals surface area contributed by atoms with Crippen LogP contribution in [0.25, 0.3) is 0 Å². The predicted molar refractivity (Wildman–Crippen MR) is 71.5 cm³/mol. The Balaban J connectivity index is 1.85. The van der Waals surface area contributed by atoms with Crippen LogP contribution in [0.4, 0.5) is 0 Å². The molecule has 104 valence electrons. The van der Waals surface area contributed by atoms with Gasteiger partial charge in [0.05, 0.1) is 0 Å². The van der Waals surface area contributed by atoms with Crippen LogP contribution in [0.1, 0.15) is 45.4 Å². The minimum Gasteiger partial charge on any atom is -0.385 e. The topological polar surface area (TPSA) is 41.6 Å². The van der Waals surface area contributed by atoms with E-state index in [1.54, 1.807) is 7.11 Å². The molecule has 0 spiro atoms. The van der Waals surface area contributed by atoms with E-state index in [0.29, 0.717) is 37.1 Å². The van der Waals surface area contributed by atoms with E-state index in [2.05, 4.69) is 17.1 Å². The third-order valence-corrected chi connectivity index (χ3v) is 4.29. The van der Waals surface area contributed by atoms with E-state index in [9.17, 15) is 4.79 Å². The van der Waals surface area contributed by atoms with Crippen molar-refractivity contribution in [2.45, 2.75) is 63.6 Å². The van der Waals surface area contributed by atoms with Crippen LogP contribution >= 0.6 is 0 Å². The maximum Gasteiger partial charge on any atom is 0.222 e. The van der Waals surface area contributed by atoms with Crippen LogP contribution in [0, 0.1) is 0 Å². The third-order valence-electron chi connectivity index (χ3n) is 4.29. The Labute approximate surface area is 110 Å². The monoisotopic (exact) mass is 254 g/mol. The molecule has 2 fully saturated rings. The molecule has 18 heavy (non-hydrogen) atoms. The van der Waals surface area contributed by atoms with E-state index in [0.717, 1.165) is 25.8 Å². The second kappa shape index (κ2) is 6.53. The number of nitrogens with zero attached hydrogens (tertiary/aromatic N) is 1. The summed E-state index contributed by atoms with van der Waals surface area (Å²) in [5.41, 5.74) is 0. The Morgan fingerprint density at radius 3 is 2.56 bits per heavy atom. The van der Waals surface area contributed by atoms with Crippen LogP contribution in [-0.2, 0) is 9.53 Å². The van der Waals surface area contributed by atoms with E-state index < -0.39 is 0 Å². The lowest BCUT2D eigenvalue weighted by Gasteiger charge is -2.37. The molecular formula is C14H26N2O2. The second-order valence-electron chi connectivity index (χ2n) is 5.54. The lowest BCUT2D eigenvalue weighted by atomic mass is 9.97. The summed E-state index contributed by atoms with van der Waals surface area (Å²) in [4.78, 5) is 14.3. The first-order chi connectivity index (χ1) is 8.74. The Kier molecular flexibility index (Phi) is 5.01. The normalized spacial score (nSPS) is 30.4. The number of rotatable bonds is 6. The van der Waals surface area contributed by atoms with Gasteiger partial charge in [0.25, 0.3) is 0 Å². The summed E-state index contributed by atoms with van der Waals surface area (Å²) in [6.07, 6.45) is 6.32.